The molecule has 6 aromatic carbocycles. The summed E-state index contributed by atoms with van der Waals surface area (Å²) in [5, 5.41) is 38.2. The molecule has 0 unspecified atom stereocenters. The van der Waals surface area contributed by atoms with Gasteiger partial charge in [-0.3, -0.25) is 18.2 Å². The molecule has 308 valence electrons. The molecule has 0 aliphatic carbocycles. The fourth-order valence-electron chi connectivity index (χ4n) is 6.31. The van der Waals surface area contributed by atoms with Crippen LogP contribution in [0, 0.1) is 27.7 Å². The number of benzene rings is 6. The first-order chi connectivity index (χ1) is 27.2. The molecular weight excluding hydrogens is 853 g/mol. The molecule has 0 bridgehead atoms. The SMILES string of the molecule is Cc1cc(N=Nc2c(O)c(S(=O)(=O)O)cc3cc(S(=O)(=O)O)ccc23)c(C)cc1Cc1cc(C)c(N=Nc2c(O)c(S(=O)(=O)O)cc3cc(S(=O)(=O)O)ccc23)cc1C. The van der Waals surface area contributed by atoms with E-state index in [1.807, 2.05) is 26.0 Å². The van der Waals surface area contributed by atoms with Crippen molar-refractivity contribution in [2.75, 3.05) is 0 Å². The predicted octanol–water partition coefficient (Wildman–Crippen LogP) is 8.05. The standard InChI is InChI=1S/C37H32N4O14S4/c1-18-11-30(38-40-34-28-7-5-26(56(44,45)46)14-24(28)16-32(36(34)42)58(50,51)52)20(3)9-22(18)13-23-10-21(4)31(12-19(23)2)39-41-35-29-8-6-27(57(47,48)49)15-25(29)17-33(37(35)43)59(53,54)55/h5-12,14-17,42-43H,13H2,1-4H3,(H,44,45,46)(H,47,48,49)(H,50,51,52)(H,53,54,55). The van der Waals surface area contributed by atoms with Gasteiger partial charge in [0.25, 0.3) is 40.5 Å². The Morgan fingerprint density at radius 3 is 1.12 bits per heavy atom. The molecule has 0 saturated carbocycles. The minimum Gasteiger partial charge on any atom is -0.504 e. The van der Waals surface area contributed by atoms with E-state index >= 15 is 0 Å². The van der Waals surface area contributed by atoms with Crippen molar-refractivity contribution in [3.63, 3.8) is 0 Å². The molecule has 0 spiro atoms. The number of aryl methyl sites for hydroxylation is 4. The zero-order valence-corrected chi connectivity index (χ0v) is 34.3. The third kappa shape index (κ3) is 8.84. The number of phenolic OH excluding ortho intramolecular Hbond substituents is 2. The molecule has 0 aliphatic rings. The fourth-order valence-corrected chi connectivity index (χ4v) is 8.57. The van der Waals surface area contributed by atoms with Gasteiger partial charge in [-0.05, 0) is 127 Å². The third-order valence-electron chi connectivity index (χ3n) is 9.40. The summed E-state index contributed by atoms with van der Waals surface area (Å²) in [5.41, 5.74) is 4.42. The van der Waals surface area contributed by atoms with E-state index in [0.717, 1.165) is 58.7 Å². The van der Waals surface area contributed by atoms with Crippen molar-refractivity contribution in [1.82, 2.24) is 0 Å². The van der Waals surface area contributed by atoms with E-state index in [4.69, 9.17) is 0 Å². The highest BCUT2D eigenvalue weighted by molar-refractivity contribution is 7.86. The van der Waals surface area contributed by atoms with Gasteiger partial charge in [0.05, 0.1) is 21.2 Å². The summed E-state index contributed by atoms with van der Waals surface area (Å²) in [7, 11) is -19.4. The quantitative estimate of drug-likeness (QED) is 0.0560. The Labute approximate surface area is 337 Å². The topological polar surface area (TPSA) is 307 Å². The van der Waals surface area contributed by atoms with Crippen LogP contribution in [0.5, 0.6) is 11.5 Å². The molecule has 18 nitrogen and oxygen atoms in total. The number of phenols is 2. The van der Waals surface area contributed by atoms with Crippen LogP contribution in [0.15, 0.2) is 113 Å². The Balaban J connectivity index is 1.33. The summed E-state index contributed by atoms with van der Waals surface area (Å²) in [6.45, 7) is 7.11. The largest absolute Gasteiger partial charge is 0.504 e. The van der Waals surface area contributed by atoms with E-state index in [1.54, 1.807) is 26.0 Å². The average Bonchev–Trinajstić information content (AvgIpc) is 3.11. The molecule has 0 aromatic heterocycles. The van der Waals surface area contributed by atoms with E-state index in [9.17, 15) is 62.1 Å². The summed E-state index contributed by atoms with van der Waals surface area (Å²) < 4.78 is 134. The summed E-state index contributed by atoms with van der Waals surface area (Å²) in [6.07, 6.45) is 0.421. The third-order valence-corrected chi connectivity index (χ3v) is 12.8. The highest BCUT2D eigenvalue weighted by Crippen LogP contribution is 2.44. The molecule has 22 heteroatoms. The monoisotopic (exact) mass is 884 g/mol. The normalized spacial score (nSPS) is 13.0. The summed E-state index contributed by atoms with van der Waals surface area (Å²) in [6, 6.07) is 15.1. The van der Waals surface area contributed by atoms with Crippen molar-refractivity contribution >= 4 is 84.8 Å². The molecule has 0 fully saturated rings. The van der Waals surface area contributed by atoms with Crippen LogP contribution in [-0.2, 0) is 46.9 Å². The minimum atomic E-state index is -5.01. The van der Waals surface area contributed by atoms with Crippen molar-refractivity contribution in [3.05, 3.63) is 106 Å². The molecule has 0 heterocycles. The minimum absolute atomic E-state index is 0.0666. The molecule has 0 amide bonds. The number of hydrogen-bond donors (Lipinski definition) is 6. The molecular formula is C37H32N4O14S4. The second-order valence-corrected chi connectivity index (χ2v) is 19.1. The lowest BCUT2D eigenvalue weighted by Crippen LogP contribution is -2.00. The van der Waals surface area contributed by atoms with Gasteiger partial charge in [-0.25, -0.2) is 0 Å². The Bertz CT molecular complexity index is 3090. The number of aromatic hydroxyl groups is 2. The van der Waals surface area contributed by atoms with Gasteiger partial charge in [0.1, 0.15) is 21.2 Å². The summed E-state index contributed by atoms with van der Waals surface area (Å²) >= 11 is 0. The van der Waals surface area contributed by atoms with Gasteiger partial charge >= 0.3 is 0 Å². The van der Waals surface area contributed by atoms with Gasteiger partial charge in [0.15, 0.2) is 11.5 Å². The van der Waals surface area contributed by atoms with Crippen LogP contribution in [0.4, 0.5) is 22.7 Å². The van der Waals surface area contributed by atoms with Gasteiger partial charge in [0, 0.05) is 10.8 Å². The van der Waals surface area contributed by atoms with Gasteiger partial charge in [-0.1, -0.05) is 24.3 Å². The Kier molecular flexibility index (Phi) is 11.0. The second kappa shape index (κ2) is 15.1. The molecule has 0 atom stereocenters. The molecule has 0 aliphatic heterocycles. The van der Waals surface area contributed by atoms with Crippen molar-refractivity contribution in [1.29, 1.82) is 0 Å². The van der Waals surface area contributed by atoms with Crippen molar-refractivity contribution in [2.24, 2.45) is 20.5 Å². The molecule has 6 N–H and O–H groups in total. The number of hydrogen-bond acceptors (Lipinski definition) is 14. The smallest absolute Gasteiger partial charge is 0.298 e. The first-order valence-corrected chi connectivity index (χ1v) is 22.5. The van der Waals surface area contributed by atoms with Crippen LogP contribution in [0.25, 0.3) is 21.5 Å². The number of fused-ring (bicyclic) bond motifs is 2. The Hall–Kier alpha value is -5.72. The molecule has 0 saturated heterocycles. The van der Waals surface area contributed by atoms with Gasteiger partial charge < -0.3 is 10.2 Å². The predicted molar refractivity (Wildman–Crippen MR) is 213 cm³/mol. The molecule has 0 radical (unpaired) electrons. The van der Waals surface area contributed by atoms with E-state index in [2.05, 4.69) is 20.5 Å². The van der Waals surface area contributed by atoms with Crippen molar-refractivity contribution < 1.29 is 62.1 Å². The van der Waals surface area contributed by atoms with E-state index < -0.39 is 71.6 Å². The average molecular weight is 885 g/mol. The zero-order valence-electron chi connectivity index (χ0n) is 31.0. The first-order valence-electron chi connectivity index (χ1n) is 16.8. The lowest BCUT2D eigenvalue weighted by molar-refractivity contribution is 0.443. The van der Waals surface area contributed by atoms with Gasteiger partial charge in [0.2, 0.25) is 0 Å². The molecule has 6 rings (SSSR count). The molecule has 6 aromatic rings. The van der Waals surface area contributed by atoms with Crippen LogP contribution in [-0.4, -0.2) is 62.1 Å². The van der Waals surface area contributed by atoms with Crippen LogP contribution in [0.3, 0.4) is 0 Å². The van der Waals surface area contributed by atoms with Crippen molar-refractivity contribution in [3.8, 4) is 11.5 Å². The van der Waals surface area contributed by atoms with E-state index in [0.29, 0.717) is 28.9 Å². The van der Waals surface area contributed by atoms with Gasteiger partial charge in [-0.15, -0.1) is 10.2 Å². The van der Waals surface area contributed by atoms with E-state index in [-0.39, 0.29) is 32.9 Å². The van der Waals surface area contributed by atoms with Crippen LogP contribution in [0.1, 0.15) is 33.4 Å². The van der Waals surface area contributed by atoms with E-state index in [1.165, 1.54) is 12.1 Å². The van der Waals surface area contributed by atoms with Crippen LogP contribution < -0.4 is 0 Å². The lowest BCUT2D eigenvalue weighted by Gasteiger charge is -2.14. The first kappa shape index (κ1) is 42.9. The Morgan fingerprint density at radius 2 is 0.797 bits per heavy atom. The highest BCUT2D eigenvalue weighted by Gasteiger charge is 2.25. The summed E-state index contributed by atoms with van der Waals surface area (Å²) in [5.74, 6) is -1.87. The second-order valence-electron chi connectivity index (χ2n) is 13.5. The maximum absolute atomic E-state index is 12.1. The number of azo groups is 2. The maximum atomic E-state index is 12.1. The number of rotatable bonds is 10. The summed E-state index contributed by atoms with van der Waals surface area (Å²) in [4.78, 5) is -3.04. The van der Waals surface area contributed by atoms with Crippen LogP contribution >= 0.6 is 0 Å². The number of nitrogens with zero attached hydrogens (tertiary/aromatic N) is 4. The van der Waals surface area contributed by atoms with Crippen molar-refractivity contribution in [2.45, 2.75) is 53.7 Å². The van der Waals surface area contributed by atoms with Crippen LogP contribution in [0.2, 0.25) is 0 Å². The zero-order chi connectivity index (χ0) is 43.6. The Morgan fingerprint density at radius 1 is 0.441 bits per heavy atom. The lowest BCUT2D eigenvalue weighted by atomic mass is 9.94. The van der Waals surface area contributed by atoms with Gasteiger partial charge in [-0.2, -0.15) is 43.9 Å². The fraction of sp³-hybridized carbons (Fsp3) is 0.135. The maximum Gasteiger partial charge on any atom is 0.298 e. The molecule has 59 heavy (non-hydrogen) atoms. The highest BCUT2D eigenvalue weighted by atomic mass is 32.2.